The van der Waals surface area contributed by atoms with Gasteiger partial charge in [-0.05, 0) is 31.2 Å². The fraction of sp³-hybridized carbons (Fsp3) is 0.0370. The topological polar surface area (TPSA) is 154 Å². The van der Waals surface area contributed by atoms with E-state index in [1.165, 1.54) is 24.3 Å². The summed E-state index contributed by atoms with van der Waals surface area (Å²) in [5, 5.41) is 31.4. The third kappa shape index (κ3) is 4.02. The number of anilines is 3. The van der Waals surface area contributed by atoms with Crippen molar-refractivity contribution in [1.29, 1.82) is 5.26 Å². The number of ketones is 2. The first-order valence-electron chi connectivity index (χ1n) is 11.1. The molecule has 0 aliphatic heterocycles. The van der Waals surface area contributed by atoms with E-state index in [4.69, 9.17) is 28.9 Å². The maximum Gasteiger partial charge on any atom is 0.199 e. The van der Waals surface area contributed by atoms with Gasteiger partial charge in [0, 0.05) is 16.8 Å². The Hall–Kier alpha value is -4.78. The number of azo groups is 1. The van der Waals surface area contributed by atoms with Crippen LogP contribution in [0.1, 0.15) is 43.0 Å². The summed E-state index contributed by atoms with van der Waals surface area (Å²) in [5.41, 5.74) is 6.80. The lowest BCUT2D eigenvalue weighted by atomic mass is 9.82. The third-order valence-corrected chi connectivity index (χ3v) is 6.60. The van der Waals surface area contributed by atoms with Gasteiger partial charge in [0.1, 0.15) is 29.0 Å². The lowest BCUT2D eigenvalue weighted by Crippen LogP contribution is -2.21. The lowest BCUT2D eigenvalue weighted by Gasteiger charge is -2.21. The fourth-order valence-corrected chi connectivity index (χ4v) is 4.79. The molecule has 0 saturated carbocycles. The van der Waals surface area contributed by atoms with Crippen molar-refractivity contribution in [1.82, 2.24) is 4.98 Å². The van der Waals surface area contributed by atoms with Gasteiger partial charge in [-0.25, -0.2) is 4.98 Å². The Morgan fingerprint density at radius 3 is 2.37 bits per heavy atom. The van der Waals surface area contributed by atoms with Crippen molar-refractivity contribution >= 4 is 63.5 Å². The minimum atomic E-state index is -0.644. The zero-order chi connectivity index (χ0) is 27.1. The van der Waals surface area contributed by atoms with E-state index < -0.39 is 11.6 Å². The van der Waals surface area contributed by atoms with E-state index in [2.05, 4.69) is 20.5 Å². The number of carbonyl (C=O) groups excluding carboxylic acids is 2. The highest BCUT2D eigenvalue weighted by molar-refractivity contribution is 6.43. The average molecular weight is 543 g/mol. The number of pyridine rings is 1. The van der Waals surface area contributed by atoms with Crippen molar-refractivity contribution in [2.75, 3.05) is 11.1 Å². The average Bonchev–Trinajstić information content (AvgIpc) is 2.88. The Morgan fingerprint density at radius 1 is 0.947 bits per heavy atom. The molecule has 0 amide bonds. The van der Waals surface area contributed by atoms with Crippen LogP contribution in [0.3, 0.4) is 0 Å². The summed E-state index contributed by atoms with van der Waals surface area (Å²) in [6.45, 7) is 1.63. The minimum Gasteiger partial charge on any atom is -0.507 e. The van der Waals surface area contributed by atoms with E-state index in [1.807, 2.05) is 24.3 Å². The monoisotopic (exact) mass is 542 g/mol. The number of hydrogen-bond donors (Lipinski definition) is 3. The van der Waals surface area contributed by atoms with Gasteiger partial charge >= 0.3 is 0 Å². The number of benzene rings is 3. The van der Waals surface area contributed by atoms with Gasteiger partial charge in [-0.1, -0.05) is 53.5 Å². The highest BCUT2D eigenvalue weighted by atomic mass is 35.5. The Bertz CT molecular complexity index is 1750. The maximum absolute atomic E-state index is 13.5. The van der Waals surface area contributed by atoms with Crippen LogP contribution >= 0.6 is 23.2 Å². The molecule has 0 atom stereocenters. The van der Waals surface area contributed by atoms with Crippen molar-refractivity contribution in [3.05, 3.63) is 98.0 Å². The number of phenols is 1. The number of rotatable bonds is 4. The fourth-order valence-electron chi connectivity index (χ4n) is 4.20. The predicted octanol–water partition coefficient (Wildman–Crippen LogP) is 6.79. The molecule has 0 spiro atoms. The van der Waals surface area contributed by atoms with Gasteiger partial charge in [-0.15, -0.1) is 10.2 Å². The normalized spacial score (nSPS) is 12.3. The maximum atomic E-state index is 13.5. The number of fused-ring (bicyclic) bond motifs is 2. The van der Waals surface area contributed by atoms with Crippen molar-refractivity contribution in [3.63, 3.8) is 0 Å². The largest absolute Gasteiger partial charge is 0.507 e. The van der Waals surface area contributed by atoms with Crippen LogP contribution in [0.5, 0.6) is 5.75 Å². The van der Waals surface area contributed by atoms with Crippen LogP contribution < -0.4 is 11.1 Å². The molecule has 38 heavy (non-hydrogen) atoms. The van der Waals surface area contributed by atoms with E-state index in [-0.39, 0.29) is 66.6 Å². The Morgan fingerprint density at radius 2 is 1.66 bits per heavy atom. The van der Waals surface area contributed by atoms with Gasteiger partial charge < -0.3 is 16.2 Å². The number of halogens is 2. The van der Waals surface area contributed by atoms with Gasteiger partial charge in [0.25, 0.3) is 0 Å². The van der Waals surface area contributed by atoms with E-state index in [0.717, 1.165) is 0 Å². The number of nitrogens with two attached hydrogens (primary N) is 1. The molecule has 3 aromatic carbocycles. The first kappa shape index (κ1) is 24.9. The number of hydrogen-bond acceptors (Lipinski definition) is 9. The number of nitrogen functional groups attached to an aromatic ring is 1. The Balaban J connectivity index is 1.70. The number of nitriles is 1. The molecule has 11 heteroatoms. The standard InChI is InChI=1S/C27H16Cl2N6O3/c1-12-15(11-30)26(31)33-27(32-13-6-3-2-4-7-13)22(12)34-35-23-17(29)10-16(28)20-21(23)24(37)14-8-5-9-18(36)19(14)25(20)38/h2-10,36H,1H3,(H3,31,32,33)/b35-34+. The molecule has 0 bridgehead atoms. The number of nitrogens with one attached hydrogen (secondary N) is 1. The number of aromatic hydroxyl groups is 1. The molecule has 1 aliphatic rings. The summed E-state index contributed by atoms with van der Waals surface area (Å²) in [6.07, 6.45) is 0. The molecule has 1 heterocycles. The van der Waals surface area contributed by atoms with E-state index >= 15 is 0 Å². The molecule has 0 radical (unpaired) electrons. The summed E-state index contributed by atoms with van der Waals surface area (Å²) in [4.78, 5) is 31.1. The van der Waals surface area contributed by atoms with E-state index in [0.29, 0.717) is 11.3 Å². The molecular weight excluding hydrogens is 527 g/mol. The first-order chi connectivity index (χ1) is 18.2. The zero-order valence-electron chi connectivity index (χ0n) is 19.6. The van der Waals surface area contributed by atoms with Gasteiger partial charge in [0.2, 0.25) is 0 Å². The number of phenolic OH excluding ortho intramolecular Hbond substituents is 1. The molecule has 9 nitrogen and oxygen atoms in total. The lowest BCUT2D eigenvalue weighted by molar-refractivity contribution is 0.0977. The second-order valence-corrected chi connectivity index (χ2v) is 9.11. The van der Waals surface area contributed by atoms with Crippen LogP contribution in [0.2, 0.25) is 10.0 Å². The summed E-state index contributed by atoms with van der Waals surface area (Å²) in [5.74, 6) is -1.37. The zero-order valence-corrected chi connectivity index (χ0v) is 21.1. The van der Waals surface area contributed by atoms with Crippen LogP contribution in [-0.2, 0) is 0 Å². The van der Waals surface area contributed by atoms with Crippen LogP contribution in [0.4, 0.5) is 28.7 Å². The molecular formula is C27H16Cl2N6O3. The molecule has 4 aromatic rings. The third-order valence-electron chi connectivity index (χ3n) is 6.01. The summed E-state index contributed by atoms with van der Waals surface area (Å²) < 4.78 is 0. The molecule has 186 valence electrons. The smallest absolute Gasteiger partial charge is 0.199 e. The van der Waals surface area contributed by atoms with Crippen LogP contribution in [0.15, 0.2) is 64.8 Å². The molecule has 1 aromatic heterocycles. The summed E-state index contributed by atoms with van der Waals surface area (Å²) >= 11 is 12.8. The number of aromatic nitrogens is 1. The van der Waals surface area contributed by atoms with E-state index in [9.17, 15) is 20.0 Å². The predicted molar refractivity (Wildman–Crippen MR) is 143 cm³/mol. The van der Waals surface area contributed by atoms with Crippen molar-refractivity contribution < 1.29 is 14.7 Å². The molecule has 5 rings (SSSR count). The van der Waals surface area contributed by atoms with Gasteiger partial charge in [0.05, 0.1) is 32.3 Å². The summed E-state index contributed by atoms with van der Waals surface area (Å²) in [7, 11) is 0. The second-order valence-electron chi connectivity index (χ2n) is 8.29. The molecule has 0 fully saturated rings. The van der Waals surface area contributed by atoms with Gasteiger partial charge in [-0.2, -0.15) is 5.26 Å². The molecule has 0 saturated heterocycles. The highest BCUT2D eigenvalue weighted by Crippen LogP contribution is 2.44. The summed E-state index contributed by atoms with van der Waals surface area (Å²) in [6, 6.07) is 16.6. The Labute approximate surface area is 226 Å². The molecule has 1 aliphatic carbocycles. The van der Waals surface area contributed by atoms with E-state index in [1.54, 1.807) is 19.1 Å². The SMILES string of the molecule is Cc1c(C#N)c(N)nc(Nc2ccccc2)c1/N=N/c1c(Cl)cc(Cl)c2c1C(=O)c1cccc(O)c1C2=O. The first-order valence-corrected chi connectivity index (χ1v) is 11.9. The van der Waals surface area contributed by atoms with Crippen LogP contribution in [-0.4, -0.2) is 21.7 Å². The number of nitrogens with zero attached hydrogens (tertiary/aromatic N) is 4. The Kier molecular flexibility index (Phi) is 6.28. The van der Waals surface area contributed by atoms with Gasteiger partial charge in [-0.3, -0.25) is 9.59 Å². The molecule has 4 N–H and O–H groups in total. The van der Waals surface area contributed by atoms with Gasteiger partial charge in [0.15, 0.2) is 17.4 Å². The number of para-hydroxylation sites is 1. The van der Waals surface area contributed by atoms with Crippen molar-refractivity contribution in [2.45, 2.75) is 6.92 Å². The van der Waals surface area contributed by atoms with Crippen molar-refractivity contribution in [2.24, 2.45) is 10.2 Å². The second kappa shape index (κ2) is 9.59. The molecule has 0 unspecified atom stereocenters. The highest BCUT2D eigenvalue weighted by Gasteiger charge is 2.37. The quantitative estimate of drug-likeness (QED) is 0.211. The minimum absolute atomic E-state index is 0.00137. The van der Waals surface area contributed by atoms with Crippen LogP contribution in [0, 0.1) is 18.3 Å². The van der Waals surface area contributed by atoms with Crippen molar-refractivity contribution in [3.8, 4) is 11.8 Å². The number of carbonyl (C=O) groups is 2. The van der Waals surface area contributed by atoms with Crippen LogP contribution in [0.25, 0.3) is 0 Å².